The lowest BCUT2D eigenvalue weighted by molar-refractivity contribution is 0.0935. The third kappa shape index (κ3) is 4.95. The summed E-state index contributed by atoms with van der Waals surface area (Å²) in [6, 6.07) is 6.10. The topological polar surface area (TPSA) is 63.2 Å². The lowest BCUT2D eigenvalue weighted by atomic mass is 10.1. The number of hydrogen-bond donors (Lipinski definition) is 1. The van der Waals surface area contributed by atoms with Gasteiger partial charge < -0.3 is 5.32 Å². The third-order valence-corrected chi connectivity index (χ3v) is 4.42. The second-order valence-electron chi connectivity index (χ2n) is 4.35. The largest absolute Gasteiger partial charge is 0.349 e. The molecule has 0 bridgehead atoms. The second kappa shape index (κ2) is 7.05. The molecule has 1 amide bonds. The smallest absolute Gasteiger partial charge is 0.251 e. The van der Waals surface area contributed by atoms with Gasteiger partial charge in [0.05, 0.1) is 4.90 Å². The molecule has 0 heterocycles. The number of halogens is 1. The molecule has 19 heavy (non-hydrogen) atoms. The number of benzene rings is 1. The predicted octanol–water partition coefficient (Wildman–Crippen LogP) is 2.38. The minimum Gasteiger partial charge on any atom is -0.349 e. The van der Waals surface area contributed by atoms with E-state index in [4.69, 9.17) is 0 Å². The first-order valence-corrected chi connectivity index (χ1v) is 9.06. The van der Waals surface area contributed by atoms with E-state index in [-0.39, 0.29) is 16.8 Å². The minimum atomic E-state index is -3.22. The number of hydrogen-bond acceptors (Lipinski definition) is 3. The average Bonchev–Trinajstić information content (AvgIpc) is 2.37. The van der Waals surface area contributed by atoms with Gasteiger partial charge in [-0.3, -0.25) is 4.79 Å². The Hall–Kier alpha value is -0.880. The Bertz CT molecular complexity index is 525. The maximum Gasteiger partial charge on any atom is 0.251 e. The van der Waals surface area contributed by atoms with Crippen LogP contribution in [0.25, 0.3) is 0 Å². The highest BCUT2D eigenvalue weighted by Crippen LogP contribution is 2.11. The van der Waals surface area contributed by atoms with E-state index in [9.17, 15) is 13.2 Å². The van der Waals surface area contributed by atoms with Crippen molar-refractivity contribution >= 4 is 31.7 Å². The quantitative estimate of drug-likeness (QED) is 0.803. The molecule has 1 N–H and O–H groups in total. The van der Waals surface area contributed by atoms with Gasteiger partial charge in [-0.1, -0.05) is 22.9 Å². The monoisotopic (exact) mass is 347 g/mol. The number of carbonyl (C=O) groups excluding carboxylic acids is 1. The molecule has 0 radical (unpaired) electrons. The van der Waals surface area contributed by atoms with Crippen LogP contribution in [0.5, 0.6) is 0 Å². The van der Waals surface area contributed by atoms with E-state index in [0.29, 0.717) is 5.56 Å². The Labute approximate surface area is 122 Å². The highest BCUT2D eigenvalue weighted by Gasteiger charge is 2.13. The zero-order valence-electron chi connectivity index (χ0n) is 11.0. The van der Waals surface area contributed by atoms with Gasteiger partial charge >= 0.3 is 0 Å². The van der Waals surface area contributed by atoms with Gasteiger partial charge in [-0.05, 0) is 37.1 Å². The van der Waals surface area contributed by atoms with Crippen molar-refractivity contribution in [3.8, 4) is 0 Å². The Kier molecular flexibility index (Phi) is 6.00. The molecule has 0 aliphatic rings. The van der Waals surface area contributed by atoms with Crippen LogP contribution in [0, 0.1) is 0 Å². The van der Waals surface area contributed by atoms with E-state index in [2.05, 4.69) is 21.2 Å². The maximum atomic E-state index is 12.0. The molecule has 0 spiro atoms. The van der Waals surface area contributed by atoms with Crippen LogP contribution in [-0.4, -0.2) is 32.0 Å². The van der Waals surface area contributed by atoms with Gasteiger partial charge in [-0.25, -0.2) is 8.42 Å². The molecule has 0 aliphatic heterocycles. The van der Waals surface area contributed by atoms with Crippen molar-refractivity contribution in [1.29, 1.82) is 0 Å². The summed E-state index contributed by atoms with van der Waals surface area (Å²) in [6.07, 6.45) is 2.87. The summed E-state index contributed by atoms with van der Waals surface area (Å²) in [6.45, 7) is 2.01. The number of amides is 1. The molecule has 1 aromatic carbocycles. The summed E-state index contributed by atoms with van der Waals surface area (Å²) >= 11 is 3.35. The van der Waals surface area contributed by atoms with Crippen LogP contribution in [0.3, 0.4) is 0 Å². The van der Waals surface area contributed by atoms with Crippen LogP contribution in [0.15, 0.2) is 29.2 Å². The molecule has 1 atom stereocenters. The average molecular weight is 348 g/mol. The molecule has 106 valence electrons. The van der Waals surface area contributed by atoms with Gasteiger partial charge in [-0.15, -0.1) is 0 Å². The van der Waals surface area contributed by atoms with Crippen LogP contribution in [-0.2, 0) is 9.84 Å². The van der Waals surface area contributed by atoms with Crippen molar-refractivity contribution < 1.29 is 13.2 Å². The van der Waals surface area contributed by atoms with E-state index in [0.717, 1.165) is 24.4 Å². The van der Waals surface area contributed by atoms with Gasteiger partial charge in [0.1, 0.15) is 0 Å². The molecule has 1 unspecified atom stereocenters. The van der Waals surface area contributed by atoms with E-state index in [1.165, 1.54) is 24.3 Å². The molecular weight excluding hydrogens is 330 g/mol. The number of rotatable bonds is 6. The van der Waals surface area contributed by atoms with Gasteiger partial charge in [0, 0.05) is 23.2 Å². The molecule has 0 aliphatic carbocycles. The fourth-order valence-electron chi connectivity index (χ4n) is 1.63. The number of sulfone groups is 1. The van der Waals surface area contributed by atoms with E-state index in [1.807, 2.05) is 6.92 Å². The van der Waals surface area contributed by atoms with E-state index in [1.54, 1.807) is 0 Å². The van der Waals surface area contributed by atoms with Crippen molar-refractivity contribution in [2.45, 2.75) is 30.7 Å². The first-order chi connectivity index (χ1) is 8.88. The summed E-state index contributed by atoms with van der Waals surface area (Å²) in [7, 11) is -3.22. The van der Waals surface area contributed by atoms with Crippen LogP contribution in [0.1, 0.15) is 30.1 Å². The number of nitrogens with one attached hydrogen (secondary N) is 1. The molecule has 0 saturated carbocycles. The number of carbonyl (C=O) groups is 1. The molecular formula is C13H18BrNO3S. The normalized spacial score (nSPS) is 13.0. The molecule has 0 fully saturated rings. The fraction of sp³-hybridized carbons (Fsp3) is 0.462. The summed E-state index contributed by atoms with van der Waals surface area (Å²) in [5.41, 5.74) is 0.473. The Morgan fingerprint density at radius 3 is 2.32 bits per heavy atom. The number of alkyl halides is 1. The van der Waals surface area contributed by atoms with Crippen molar-refractivity contribution in [3.63, 3.8) is 0 Å². The van der Waals surface area contributed by atoms with Crippen LogP contribution >= 0.6 is 15.9 Å². The summed E-state index contributed by atoms with van der Waals surface area (Å²) in [4.78, 5) is 12.2. The van der Waals surface area contributed by atoms with Gasteiger partial charge in [-0.2, -0.15) is 0 Å². The minimum absolute atomic E-state index is 0.126. The standard InChI is InChI=1S/C13H18BrNO3S/c1-3-11(8-9-14)15-13(16)10-4-6-12(7-5-10)19(2,17)18/h4-7,11H,3,8-9H2,1-2H3,(H,15,16). The van der Waals surface area contributed by atoms with Crippen LogP contribution < -0.4 is 5.32 Å². The van der Waals surface area contributed by atoms with Crippen LogP contribution in [0.4, 0.5) is 0 Å². The van der Waals surface area contributed by atoms with E-state index >= 15 is 0 Å². The lowest BCUT2D eigenvalue weighted by Crippen LogP contribution is -2.34. The van der Waals surface area contributed by atoms with E-state index < -0.39 is 9.84 Å². The summed E-state index contributed by atoms with van der Waals surface area (Å²) in [5.74, 6) is -0.173. The molecule has 0 saturated heterocycles. The predicted molar refractivity (Wildman–Crippen MR) is 79.5 cm³/mol. The summed E-state index contributed by atoms with van der Waals surface area (Å²) in [5, 5.41) is 3.76. The zero-order chi connectivity index (χ0) is 14.5. The lowest BCUT2D eigenvalue weighted by Gasteiger charge is -2.15. The zero-order valence-corrected chi connectivity index (χ0v) is 13.4. The first kappa shape index (κ1) is 16.2. The summed E-state index contributed by atoms with van der Waals surface area (Å²) < 4.78 is 22.6. The second-order valence-corrected chi connectivity index (χ2v) is 7.16. The highest BCUT2D eigenvalue weighted by atomic mass is 79.9. The Morgan fingerprint density at radius 1 is 1.32 bits per heavy atom. The van der Waals surface area contributed by atoms with Gasteiger partial charge in [0.25, 0.3) is 5.91 Å². The van der Waals surface area contributed by atoms with Crippen molar-refractivity contribution in [3.05, 3.63) is 29.8 Å². The Morgan fingerprint density at radius 2 is 1.89 bits per heavy atom. The molecule has 4 nitrogen and oxygen atoms in total. The first-order valence-electron chi connectivity index (χ1n) is 6.05. The SMILES string of the molecule is CCC(CCBr)NC(=O)c1ccc(S(C)(=O)=O)cc1. The highest BCUT2D eigenvalue weighted by molar-refractivity contribution is 9.09. The molecule has 6 heteroatoms. The molecule has 0 aromatic heterocycles. The van der Waals surface area contributed by atoms with Gasteiger partial charge in [0.2, 0.25) is 0 Å². The van der Waals surface area contributed by atoms with Crippen molar-refractivity contribution in [2.75, 3.05) is 11.6 Å². The maximum absolute atomic E-state index is 12.0. The molecule has 1 aromatic rings. The molecule has 1 rings (SSSR count). The van der Waals surface area contributed by atoms with Crippen molar-refractivity contribution in [2.24, 2.45) is 0 Å². The fourth-order valence-corrected chi connectivity index (χ4v) is 2.82. The van der Waals surface area contributed by atoms with Crippen molar-refractivity contribution in [1.82, 2.24) is 5.32 Å². The van der Waals surface area contributed by atoms with Gasteiger partial charge in [0.15, 0.2) is 9.84 Å². The Balaban J connectivity index is 2.78. The van der Waals surface area contributed by atoms with Crippen LogP contribution in [0.2, 0.25) is 0 Å². The third-order valence-electron chi connectivity index (χ3n) is 2.83.